The van der Waals surface area contributed by atoms with Gasteiger partial charge in [-0.3, -0.25) is 0 Å². The van der Waals surface area contributed by atoms with E-state index in [2.05, 4.69) is 10.3 Å². The van der Waals surface area contributed by atoms with Crippen molar-refractivity contribution in [2.75, 3.05) is 5.32 Å². The number of carboxylic acid groups (broad SMARTS) is 1. The molecule has 2 heterocycles. The number of pyridine rings is 1. The number of nitrogens with one attached hydrogen (secondary N) is 1. The number of carboxylic acids is 1. The average Bonchev–Trinajstić information content (AvgIpc) is 2.84. The molecule has 106 valence electrons. The van der Waals surface area contributed by atoms with Crippen molar-refractivity contribution in [1.82, 2.24) is 4.98 Å². The zero-order valence-electron chi connectivity index (χ0n) is 9.94. The van der Waals surface area contributed by atoms with Crippen LogP contribution < -0.4 is 5.32 Å². The van der Waals surface area contributed by atoms with E-state index < -0.39 is 17.7 Å². The first kappa shape index (κ1) is 13.9. The average molecular weight is 286 g/mol. The van der Waals surface area contributed by atoms with Crippen molar-refractivity contribution >= 4 is 11.8 Å². The fraction of sp³-hybridized carbons (Fsp3) is 0.167. The van der Waals surface area contributed by atoms with Crippen LogP contribution in [0, 0.1) is 0 Å². The molecular weight excluding hydrogens is 277 g/mol. The van der Waals surface area contributed by atoms with E-state index in [0.29, 0.717) is 0 Å². The van der Waals surface area contributed by atoms with Crippen molar-refractivity contribution in [1.29, 1.82) is 0 Å². The topological polar surface area (TPSA) is 75.4 Å². The molecule has 0 amide bonds. The van der Waals surface area contributed by atoms with E-state index in [-0.39, 0.29) is 23.9 Å². The summed E-state index contributed by atoms with van der Waals surface area (Å²) in [7, 11) is 0. The summed E-state index contributed by atoms with van der Waals surface area (Å²) in [5.74, 6) is -1.67. The van der Waals surface area contributed by atoms with E-state index in [1.165, 1.54) is 24.4 Å². The number of carbonyl (C=O) groups is 1. The number of anilines is 1. The molecule has 2 aromatic rings. The minimum Gasteiger partial charge on any atom is -0.475 e. The second kappa shape index (κ2) is 5.24. The van der Waals surface area contributed by atoms with E-state index in [1.54, 1.807) is 0 Å². The number of furan rings is 1. The van der Waals surface area contributed by atoms with Gasteiger partial charge >= 0.3 is 12.1 Å². The van der Waals surface area contributed by atoms with Gasteiger partial charge in [-0.2, -0.15) is 13.2 Å². The summed E-state index contributed by atoms with van der Waals surface area (Å²) in [5.41, 5.74) is -0.898. The number of aromatic nitrogens is 1. The number of alkyl halides is 3. The Kier molecular flexibility index (Phi) is 3.64. The van der Waals surface area contributed by atoms with Crippen LogP contribution in [0.5, 0.6) is 0 Å². The lowest BCUT2D eigenvalue weighted by molar-refractivity contribution is -0.137. The Hall–Kier alpha value is -2.51. The molecule has 0 unspecified atom stereocenters. The van der Waals surface area contributed by atoms with E-state index in [4.69, 9.17) is 9.52 Å². The predicted molar refractivity (Wildman–Crippen MR) is 62.2 cm³/mol. The molecule has 0 aromatic carbocycles. The normalized spacial score (nSPS) is 11.3. The third-order valence-electron chi connectivity index (χ3n) is 2.42. The van der Waals surface area contributed by atoms with Crippen molar-refractivity contribution in [3.05, 3.63) is 47.5 Å². The molecule has 0 saturated heterocycles. The summed E-state index contributed by atoms with van der Waals surface area (Å²) in [6, 6.07) is 4.68. The van der Waals surface area contributed by atoms with Gasteiger partial charge in [0.25, 0.3) is 0 Å². The number of hydrogen-bond acceptors (Lipinski definition) is 4. The van der Waals surface area contributed by atoms with Gasteiger partial charge in [-0.1, -0.05) is 0 Å². The number of hydrogen-bond donors (Lipinski definition) is 2. The highest BCUT2D eigenvalue weighted by atomic mass is 19.4. The van der Waals surface area contributed by atoms with Crippen LogP contribution in [0.2, 0.25) is 0 Å². The zero-order valence-corrected chi connectivity index (χ0v) is 9.94. The smallest absolute Gasteiger partial charge is 0.419 e. The molecule has 2 N–H and O–H groups in total. The van der Waals surface area contributed by atoms with Crippen LogP contribution in [-0.2, 0) is 12.7 Å². The molecule has 8 heteroatoms. The second-order valence-electron chi connectivity index (χ2n) is 3.82. The van der Waals surface area contributed by atoms with E-state index in [1.807, 2.05) is 0 Å². The van der Waals surface area contributed by atoms with Crippen LogP contribution in [0.4, 0.5) is 19.0 Å². The first-order chi connectivity index (χ1) is 9.38. The lowest BCUT2D eigenvalue weighted by atomic mass is 10.2. The lowest BCUT2D eigenvalue weighted by Crippen LogP contribution is -2.11. The lowest BCUT2D eigenvalue weighted by Gasteiger charge is -2.12. The van der Waals surface area contributed by atoms with Crippen molar-refractivity contribution in [3.8, 4) is 0 Å². The molecule has 20 heavy (non-hydrogen) atoms. The summed E-state index contributed by atoms with van der Waals surface area (Å²) in [4.78, 5) is 14.2. The molecule has 5 nitrogen and oxygen atoms in total. The van der Waals surface area contributed by atoms with Crippen LogP contribution in [0.3, 0.4) is 0 Å². The Morgan fingerprint density at radius 3 is 2.70 bits per heavy atom. The summed E-state index contributed by atoms with van der Waals surface area (Å²) < 4.78 is 43.0. The Labute approximate surface area is 111 Å². The van der Waals surface area contributed by atoms with Gasteiger partial charge in [0, 0.05) is 6.20 Å². The van der Waals surface area contributed by atoms with E-state index in [9.17, 15) is 18.0 Å². The molecule has 0 atom stereocenters. The minimum atomic E-state index is -4.52. The maximum absolute atomic E-state index is 12.7. The van der Waals surface area contributed by atoms with E-state index in [0.717, 1.165) is 6.07 Å². The summed E-state index contributed by atoms with van der Waals surface area (Å²) >= 11 is 0. The van der Waals surface area contributed by atoms with Crippen molar-refractivity contribution in [2.45, 2.75) is 12.7 Å². The van der Waals surface area contributed by atoms with Crippen molar-refractivity contribution in [3.63, 3.8) is 0 Å². The largest absolute Gasteiger partial charge is 0.475 e. The molecule has 0 aliphatic heterocycles. The summed E-state index contributed by atoms with van der Waals surface area (Å²) in [5, 5.41) is 11.1. The Bertz CT molecular complexity index is 622. The van der Waals surface area contributed by atoms with Gasteiger partial charge in [-0.05, 0) is 24.3 Å². The quantitative estimate of drug-likeness (QED) is 0.903. The number of aromatic carboxylic acids is 1. The highest BCUT2D eigenvalue weighted by Gasteiger charge is 2.34. The molecule has 0 bridgehead atoms. The van der Waals surface area contributed by atoms with Crippen LogP contribution in [0.15, 0.2) is 34.9 Å². The van der Waals surface area contributed by atoms with Gasteiger partial charge in [-0.15, -0.1) is 0 Å². The first-order valence-electron chi connectivity index (χ1n) is 5.46. The van der Waals surface area contributed by atoms with E-state index >= 15 is 0 Å². The number of halogens is 3. The predicted octanol–water partition coefficient (Wildman–Crippen LogP) is 3.00. The molecule has 0 aliphatic carbocycles. The molecular formula is C12H9F3N2O3. The minimum absolute atomic E-state index is 0.104. The highest BCUT2D eigenvalue weighted by Crippen LogP contribution is 2.33. The molecule has 0 saturated carbocycles. The third kappa shape index (κ3) is 3.08. The first-order valence-corrected chi connectivity index (χ1v) is 5.46. The fourth-order valence-corrected chi connectivity index (χ4v) is 1.53. The standard InChI is InChI=1S/C12H9F3N2O3/c13-12(14,15)8-2-1-5-16-10(8)17-6-7-3-4-9(20-7)11(18)19/h1-5H,6H2,(H,16,17)(H,18,19). The molecule has 0 aliphatic rings. The molecule has 0 fully saturated rings. The van der Waals surface area contributed by atoms with Gasteiger partial charge in [0.05, 0.1) is 12.1 Å². The monoisotopic (exact) mass is 286 g/mol. The number of nitrogens with zero attached hydrogens (tertiary/aromatic N) is 1. The third-order valence-corrected chi connectivity index (χ3v) is 2.42. The fourth-order valence-electron chi connectivity index (χ4n) is 1.53. The summed E-state index contributed by atoms with van der Waals surface area (Å²) in [6.07, 6.45) is -3.30. The molecule has 0 radical (unpaired) electrons. The van der Waals surface area contributed by atoms with Crippen molar-refractivity contribution < 1.29 is 27.5 Å². The maximum Gasteiger partial charge on any atom is 0.419 e. The molecule has 0 spiro atoms. The van der Waals surface area contributed by atoms with Gasteiger partial charge in [-0.25, -0.2) is 9.78 Å². The molecule has 2 rings (SSSR count). The molecule has 2 aromatic heterocycles. The van der Waals surface area contributed by atoms with Crippen LogP contribution in [0.25, 0.3) is 0 Å². The second-order valence-corrected chi connectivity index (χ2v) is 3.82. The van der Waals surface area contributed by atoms with Gasteiger partial charge in [0.15, 0.2) is 0 Å². The van der Waals surface area contributed by atoms with Crippen LogP contribution in [-0.4, -0.2) is 16.1 Å². The Morgan fingerprint density at radius 2 is 2.10 bits per heavy atom. The Morgan fingerprint density at radius 1 is 1.35 bits per heavy atom. The summed E-state index contributed by atoms with van der Waals surface area (Å²) in [6.45, 7) is -0.104. The van der Waals surface area contributed by atoms with Crippen LogP contribution >= 0.6 is 0 Å². The number of rotatable bonds is 4. The highest BCUT2D eigenvalue weighted by molar-refractivity contribution is 5.84. The maximum atomic E-state index is 12.7. The van der Waals surface area contributed by atoms with Gasteiger partial charge < -0.3 is 14.8 Å². The SMILES string of the molecule is O=C(O)c1ccc(CNc2ncccc2C(F)(F)F)o1. The van der Waals surface area contributed by atoms with Crippen molar-refractivity contribution in [2.24, 2.45) is 0 Å². The van der Waals surface area contributed by atoms with Gasteiger partial charge in [0.2, 0.25) is 5.76 Å². The Balaban J connectivity index is 2.13. The zero-order chi connectivity index (χ0) is 14.8. The van der Waals surface area contributed by atoms with Crippen LogP contribution in [0.1, 0.15) is 21.9 Å². The van der Waals surface area contributed by atoms with Gasteiger partial charge in [0.1, 0.15) is 11.6 Å².